The van der Waals surface area contributed by atoms with Gasteiger partial charge in [-0.25, -0.2) is 0 Å². The molecule has 27 heavy (non-hydrogen) atoms. The van der Waals surface area contributed by atoms with Gasteiger partial charge in [-0.3, -0.25) is 19.6 Å². The first kappa shape index (κ1) is 18.5. The second-order valence-corrected chi connectivity index (χ2v) is 5.78. The van der Waals surface area contributed by atoms with Crippen LogP contribution >= 0.6 is 0 Å². The fourth-order valence-corrected chi connectivity index (χ4v) is 2.90. The standard InChI is InChI=1S/C19H18N2O6/c1-2-26-16(24)9-13(19-18(25)15(23)8-11(10-22)27-19)12-4-3-5-14-17(12)21-7-6-20-14/h3-8,13,22,25H,2,9-10H2,1H3. The van der Waals surface area contributed by atoms with Crippen LogP contribution in [0.25, 0.3) is 11.0 Å². The summed E-state index contributed by atoms with van der Waals surface area (Å²) in [6.45, 7) is 1.35. The first-order valence-corrected chi connectivity index (χ1v) is 8.37. The lowest BCUT2D eigenvalue weighted by Gasteiger charge is -2.18. The number of rotatable bonds is 6. The molecule has 140 valence electrons. The normalized spacial score (nSPS) is 12.1. The predicted octanol–water partition coefficient (Wildman–Crippen LogP) is 1.87. The van der Waals surface area contributed by atoms with Crippen LogP contribution in [0.3, 0.4) is 0 Å². The number of benzene rings is 1. The van der Waals surface area contributed by atoms with Gasteiger partial charge in [0.1, 0.15) is 12.4 Å². The van der Waals surface area contributed by atoms with Gasteiger partial charge in [-0.1, -0.05) is 12.1 Å². The molecule has 1 atom stereocenters. The highest BCUT2D eigenvalue weighted by molar-refractivity contribution is 5.80. The predicted molar refractivity (Wildman–Crippen MR) is 95.2 cm³/mol. The summed E-state index contributed by atoms with van der Waals surface area (Å²) in [4.78, 5) is 32.8. The Labute approximate surface area is 154 Å². The fourth-order valence-electron chi connectivity index (χ4n) is 2.90. The number of aromatic nitrogens is 2. The molecule has 3 aromatic rings. The van der Waals surface area contributed by atoms with E-state index in [0.29, 0.717) is 16.6 Å². The average molecular weight is 370 g/mol. The Kier molecular flexibility index (Phi) is 5.46. The van der Waals surface area contributed by atoms with Gasteiger partial charge in [0.2, 0.25) is 11.2 Å². The summed E-state index contributed by atoms with van der Waals surface area (Å²) in [5.41, 5.74) is 0.928. The smallest absolute Gasteiger partial charge is 0.306 e. The molecule has 0 radical (unpaired) electrons. The van der Waals surface area contributed by atoms with E-state index in [1.165, 1.54) is 12.4 Å². The topological polar surface area (TPSA) is 123 Å². The maximum atomic E-state index is 12.2. The van der Waals surface area contributed by atoms with Crippen molar-refractivity contribution in [2.24, 2.45) is 0 Å². The number of nitrogens with zero attached hydrogens (tertiary/aromatic N) is 2. The SMILES string of the molecule is CCOC(=O)CC(c1oc(CO)cc(=O)c1O)c1cccc2nccnc12. The number of carbonyl (C=O) groups is 1. The van der Waals surface area contributed by atoms with Crippen molar-refractivity contribution < 1.29 is 24.2 Å². The molecule has 0 aliphatic heterocycles. The molecule has 0 aliphatic carbocycles. The first-order valence-electron chi connectivity index (χ1n) is 8.37. The van der Waals surface area contributed by atoms with Crippen LogP contribution in [0, 0.1) is 0 Å². The molecule has 0 fully saturated rings. The summed E-state index contributed by atoms with van der Waals surface area (Å²) in [5.74, 6) is -2.14. The van der Waals surface area contributed by atoms with Gasteiger partial charge in [-0.2, -0.15) is 0 Å². The molecule has 1 unspecified atom stereocenters. The number of hydrogen-bond donors (Lipinski definition) is 2. The van der Waals surface area contributed by atoms with Crippen molar-refractivity contribution in [2.45, 2.75) is 25.9 Å². The number of ether oxygens (including phenoxy) is 1. The van der Waals surface area contributed by atoms with Crippen LogP contribution in [0.15, 0.2) is 45.9 Å². The van der Waals surface area contributed by atoms with Gasteiger partial charge < -0.3 is 19.4 Å². The molecule has 2 aromatic heterocycles. The zero-order valence-corrected chi connectivity index (χ0v) is 14.6. The molecule has 0 spiro atoms. The molecular weight excluding hydrogens is 352 g/mol. The third kappa shape index (κ3) is 3.80. The van der Waals surface area contributed by atoms with E-state index >= 15 is 0 Å². The first-order chi connectivity index (χ1) is 13.0. The second-order valence-electron chi connectivity index (χ2n) is 5.78. The number of aromatic hydroxyl groups is 1. The molecule has 2 N–H and O–H groups in total. The largest absolute Gasteiger partial charge is 0.502 e. The summed E-state index contributed by atoms with van der Waals surface area (Å²) >= 11 is 0. The van der Waals surface area contributed by atoms with E-state index in [0.717, 1.165) is 6.07 Å². The van der Waals surface area contributed by atoms with Crippen molar-refractivity contribution in [3.8, 4) is 5.75 Å². The lowest BCUT2D eigenvalue weighted by Crippen LogP contribution is -2.15. The maximum absolute atomic E-state index is 12.2. The van der Waals surface area contributed by atoms with E-state index in [4.69, 9.17) is 9.15 Å². The molecular formula is C19H18N2O6. The minimum absolute atomic E-state index is 0.0204. The van der Waals surface area contributed by atoms with E-state index in [9.17, 15) is 19.8 Å². The van der Waals surface area contributed by atoms with E-state index in [2.05, 4.69) is 9.97 Å². The minimum atomic E-state index is -0.844. The van der Waals surface area contributed by atoms with Crippen LogP contribution < -0.4 is 5.43 Å². The lowest BCUT2D eigenvalue weighted by atomic mass is 9.91. The molecule has 0 bridgehead atoms. The van der Waals surface area contributed by atoms with E-state index in [-0.39, 0.29) is 24.5 Å². The fraction of sp³-hybridized carbons (Fsp3) is 0.263. The van der Waals surface area contributed by atoms with Crippen LogP contribution in [-0.4, -0.2) is 32.8 Å². The van der Waals surface area contributed by atoms with Crippen molar-refractivity contribution in [3.05, 3.63) is 64.0 Å². The Morgan fingerprint density at radius 1 is 1.30 bits per heavy atom. The Morgan fingerprint density at radius 3 is 2.81 bits per heavy atom. The number of hydrogen-bond acceptors (Lipinski definition) is 8. The van der Waals surface area contributed by atoms with Gasteiger partial charge in [-0.05, 0) is 18.6 Å². The van der Waals surface area contributed by atoms with Crippen molar-refractivity contribution in [1.82, 2.24) is 9.97 Å². The number of carbonyl (C=O) groups excluding carboxylic acids is 1. The molecule has 0 amide bonds. The number of aliphatic hydroxyl groups is 1. The third-order valence-electron chi connectivity index (χ3n) is 4.05. The number of esters is 1. The third-order valence-corrected chi connectivity index (χ3v) is 4.05. The number of fused-ring (bicyclic) bond motifs is 1. The number of aliphatic hydroxyl groups excluding tert-OH is 1. The van der Waals surface area contributed by atoms with Crippen LogP contribution in [0.2, 0.25) is 0 Å². The quantitative estimate of drug-likeness (QED) is 0.631. The monoisotopic (exact) mass is 370 g/mol. The van der Waals surface area contributed by atoms with Gasteiger partial charge in [0, 0.05) is 18.5 Å². The van der Waals surface area contributed by atoms with Crippen molar-refractivity contribution in [1.29, 1.82) is 0 Å². The van der Waals surface area contributed by atoms with Crippen molar-refractivity contribution >= 4 is 17.0 Å². The zero-order valence-electron chi connectivity index (χ0n) is 14.6. The molecule has 2 heterocycles. The van der Waals surface area contributed by atoms with Crippen LogP contribution in [0.1, 0.15) is 36.3 Å². The maximum Gasteiger partial charge on any atom is 0.306 e. The molecule has 0 saturated heterocycles. The van der Waals surface area contributed by atoms with Gasteiger partial charge in [0.25, 0.3) is 0 Å². The van der Waals surface area contributed by atoms with E-state index < -0.39 is 29.7 Å². The molecule has 0 aliphatic rings. The highest BCUT2D eigenvalue weighted by Gasteiger charge is 2.28. The number of para-hydroxylation sites is 1. The van der Waals surface area contributed by atoms with Crippen LogP contribution in [0.5, 0.6) is 5.75 Å². The summed E-state index contributed by atoms with van der Waals surface area (Å²) in [6, 6.07) is 6.21. The summed E-state index contributed by atoms with van der Waals surface area (Å²) in [6.07, 6.45) is 2.86. The van der Waals surface area contributed by atoms with Gasteiger partial charge in [0.15, 0.2) is 5.76 Å². The lowest BCUT2D eigenvalue weighted by molar-refractivity contribution is -0.143. The second kappa shape index (κ2) is 7.96. The highest BCUT2D eigenvalue weighted by Crippen LogP contribution is 2.36. The van der Waals surface area contributed by atoms with Crippen LogP contribution in [0.4, 0.5) is 0 Å². The Morgan fingerprint density at radius 2 is 2.07 bits per heavy atom. The Hall–Kier alpha value is -3.26. The zero-order chi connectivity index (χ0) is 19.4. The molecule has 1 aromatic carbocycles. The average Bonchev–Trinajstić information content (AvgIpc) is 2.68. The molecule has 3 rings (SSSR count). The minimum Gasteiger partial charge on any atom is -0.502 e. The summed E-state index contributed by atoms with van der Waals surface area (Å²) < 4.78 is 10.6. The molecule has 8 heteroatoms. The van der Waals surface area contributed by atoms with Gasteiger partial charge in [0.05, 0.1) is 30.0 Å². The highest BCUT2D eigenvalue weighted by atomic mass is 16.5. The summed E-state index contributed by atoms with van der Waals surface area (Å²) in [7, 11) is 0. The van der Waals surface area contributed by atoms with Crippen molar-refractivity contribution in [2.75, 3.05) is 6.61 Å². The van der Waals surface area contributed by atoms with E-state index in [1.54, 1.807) is 25.1 Å². The van der Waals surface area contributed by atoms with Gasteiger partial charge >= 0.3 is 5.97 Å². The summed E-state index contributed by atoms with van der Waals surface area (Å²) in [5, 5.41) is 19.6. The van der Waals surface area contributed by atoms with E-state index in [1.807, 2.05) is 0 Å². The van der Waals surface area contributed by atoms with Crippen LogP contribution in [-0.2, 0) is 16.1 Å². The molecule has 0 saturated carbocycles. The molecule has 8 nitrogen and oxygen atoms in total. The van der Waals surface area contributed by atoms with Crippen molar-refractivity contribution in [3.63, 3.8) is 0 Å². The van der Waals surface area contributed by atoms with Gasteiger partial charge in [-0.15, -0.1) is 0 Å². The Balaban J connectivity index is 2.22. The Bertz CT molecular complexity index is 1020.